The van der Waals surface area contributed by atoms with Gasteiger partial charge in [0.25, 0.3) is 0 Å². The van der Waals surface area contributed by atoms with Crippen molar-refractivity contribution in [1.29, 1.82) is 5.41 Å². The smallest absolute Gasteiger partial charge is 0.242 e. The summed E-state index contributed by atoms with van der Waals surface area (Å²) < 4.78 is 27.8. The van der Waals surface area contributed by atoms with E-state index in [0.29, 0.717) is 12.0 Å². The van der Waals surface area contributed by atoms with Crippen molar-refractivity contribution in [2.24, 2.45) is 11.7 Å². The molecule has 2 aromatic carbocycles. The Balaban J connectivity index is 2.12. The third kappa shape index (κ3) is 8.43. The van der Waals surface area contributed by atoms with Crippen molar-refractivity contribution in [2.75, 3.05) is 0 Å². The molecule has 0 saturated heterocycles. The Morgan fingerprint density at radius 1 is 1.00 bits per heavy atom. The van der Waals surface area contributed by atoms with Crippen molar-refractivity contribution in [1.82, 2.24) is 15.4 Å². The van der Waals surface area contributed by atoms with Gasteiger partial charge in [-0.25, -0.2) is 8.42 Å². The molecule has 2 rings (SSSR count). The number of aliphatic hydroxyl groups excluding tert-OH is 1. The minimum atomic E-state index is -4.10. The molecule has 0 aliphatic carbocycles. The van der Waals surface area contributed by atoms with Crippen LogP contribution in [0.15, 0.2) is 53.4 Å². The number of nitrogens with two attached hydrogens (primary N) is 1. The molecule has 11 heteroatoms. The Bertz CT molecular complexity index is 1160. The molecule has 36 heavy (non-hydrogen) atoms. The number of hydrogen-bond donors (Lipinski definition) is 6. The molecule has 7 N–H and O–H groups in total. The fraction of sp³-hybridized carbons (Fsp3) is 0.400. The van der Waals surface area contributed by atoms with E-state index in [1.165, 1.54) is 19.1 Å². The van der Waals surface area contributed by atoms with Gasteiger partial charge in [-0.3, -0.25) is 15.0 Å². The van der Waals surface area contributed by atoms with Gasteiger partial charge in [-0.15, -0.1) is 0 Å². The fourth-order valence-electron chi connectivity index (χ4n) is 3.40. The minimum absolute atomic E-state index is 0.0428. The highest BCUT2D eigenvalue weighted by atomic mass is 32.2. The van der Waals surface area contributed by atoms with Crippen LogP contribution in [-0.4, -0.2) is 49.4 Å². The van der Waals surface area contributed by atoms with E-state index >= 15 is 0 Å². The van der Waals surface area contributed by atoms with Gasteiger partial charge in [-0.05, 0) is 43.9 Å². The zero-order valence-corrected chi connectivity index (χ0v) is 21.7. The Hall–Kier alpha value is -3.28. The van der Waals surface area contributed by atoms with Crippen molar-refractivity contribution in [2.45, 2.75) is 63.7 Å². The molecule has 0 fully saturated rings. The molecule has 196 valence electrons. The maximum atomic E-state index is 13.0. The summed E-state index contributed by atoms with van der Waals surface area (Å²) in [4.78, 5) is 25.9. The molecule has 0 aromatic heterocycles. The van der Waals surface area contributed by atoms with Crippen LogP contribution in [0.3, 0.4) is 0 Å². The van der Waals surface area contributed by atoms with Crippen LogP contribution in [0.25, 0.3) is 0 Å². The second-order valence-corrected chi connectivity index (χ2v) is 10.9. The van der Waals surface area contributed by atoms with Gasteiger partial charge in [-0.2, -0.15) is 4.72 Å². The molecule has 0 heterocycles. The molecule has 0 radical (unpaired) electrons. The van der Waals surface area contributed by atoms with Crippen LogP contribution in [0.4, 0.5) is 0 Å². The highest BCUT2D eigenvalue weighted by Crippen LogP contribution is 2.13. The van der Waals surface area contributed by atoms with Crippen LogP contribution in [-0.2, 0) is 26.2 Å². The highest BCUT2D eigenvalue weighted by molar-refractivity contribution is 7.89. The number of carbonyl (C=O) groups is 2. The van der Waals surface area contributed by atoms with Gasteiger partial charge in [0.15, 0.2) is 0 Å². The van der Waals surface area contributed by atoms with Gasteiger partial charge >= 0.3 is 0 Å². The fourth-order valence-corrected chi connectivity index (χ4v) is 4.67. The van der Waals surface area contributed by atoms with Crippen molar-refractivity contribution in [3.05, 3.63) is 65.2 Å². The maximum absolute atomic E-state index is 13.0. The standard InChI is InChI=1S/C25H35N5O5S/c1-15(2)13-21(24(32)28-14-18-7-9-19(10-8-18)23(26)27)29-25(33)22(17(4)31)30-36(34,35)20-11-5-16(3)6-12-20/h5-12,15,17,21-22,30-31H,13-14H2,1-4H3,(H3,26,27)(H,28,32)(H,29,33). The summed E-state index contributed by atoms with van der Waals surface area (Å²) in [6.07, 6.45) is -1.05. The zero-order chi connectivity index (χ0) is 27.0. The van der Waals surface area contributed by atoms with Crippen LogP contribution >= 0.6 is 0 Å². The van der Waals surface area contributed by atoms with Crippen molar-refractivity contribution in [3.63, 3.8) is 0 Å². The van der Waals surface area contributed by atoms with Crippen LogP contribution in [0.2, 0.25) is 0 Å². The number of aryl methyl sites for hydroxylation is 1. The molecule has 0 bridgehead atoms. The van der Waals surface area contributed by atoms with Gasteiger partial charge in [0, 0.05) is 12.1 Å². The molecule has 2 amide bonds. The number of sulfonamides is 1. The highest BCUT2D eigenvalue weighted by Gasteiger charge is 2.32. The molecule has 3 atom stereocenters. The number of rotatable bonds is 12. The van der Waals surface area contributed by atoms with Gasteiger partial charge in [0.05, 0.1) is 11.0 Å². The van der Waals surface area contributed by atoms with Gasteiger partial charge in [-0.1, -0.05) is 55.8 Å². The third-order valence-corrected chi connectivity index (χ3v) is 6.91. The summed E-state index contributed by atoms with van der Waals surface area (Å²) in [7, 11) is -4.10. The van der Waals surface area contributed by atoms with Crippen LogP contribution in [0.1, 0.15) is 43.9 Å². The number of amidine groups is 1. The molecule has 0 aliphatic rings. The van der Waals surface area contributed by atoms with Crippen LogP contribution in [0.5, 0.6) is 0 Å². The summed E-state index contributed by atoms with van der Waals surface area (Å²) in [5, 5.41) is 23.0. The van der Waals surface area contributed by atoms with E-state index in [-0.39, 0.29) is 23.2 Å². The number of nitrogen functional groups attached to an aromatic ring is 1. The molecule has 3 unspecified atom stereocenters. The second-order valence-electron chi connectivity index (χ2n) is 9.17. The van der Waals surface area contributed by atoms with E-state index in [2.05, 4.69) is 15.4 Å². The Kier molecular flexibility index (Phi) is 10.1. The average molecular weight is 518 g/mol. The van der Waals surface area contributed by atoms with Crippen LogP contribution < -0.4 is 21.1 Å². The van der Waals surface area contributed by atoms with E-state index in [4.69, 9.17) is 11.1 Å². The maximum Gasteiger partial charge on any atom is 0.242 e. The largest absolute Gasteiger partial charge is 0.391 e. The predicted octanol–water partition coefficient (Wildman–Crippen LogP) is 1.15. The minimum Gasteiger partial charge on any atom is -0.391 e. The summed E-state index contributed by atoms with van der Waals surface area (Å²) in [6, 6.07) is 10.4. The monoisotopic (exact) mass is 517 g/mol. The molecule has 10 nitrogen and oxygen atoms in total. The average Bonchev–Trinajstić information content (AvgIpc) is 2.80. The van der Waals surface area contributed by atoms with E-state index in [0.717, 1.165) is 11.1 Å². The summed E-state index contributed by atoms with van der Waals surface area (Å²) in [6.45, 7) is 7.07. The van der Waals surface area contributed by atoms with Crippen molar-refractivity contribution in [3.8, 4) is 0 Å². The number of carbonyl (C=O) groups excluding carboxylic acids is 2. The molecule has 0 saturated carbocycles. The normalized spacial score (nSPS) is 14.1. The lowest BCUT2D eigenvalue weighted by atomic mass is 10.0. The number of benzene rings is 2. The summed E-state index contributed by atoms with van der Waals surface area (Å²) >= 11 is 0. The zero-order valence-electron chi connectivity index (χ0n) is 20.9. The topological polar surface area (TPSA) is 174 Å². The van der Waals surface area contributed by atoms with E-state index in [1.54, 1.807) is 36.4 Å². The summed E-state index contributed by atoms with van der Waals surface area (Å²) in [5.74, 6) is -1.27. The number of hydrogen-bond acceptors (Lipinski definition) is 6. The number of nitrogens with one attached hydrogen (secondary N) is 4. The number of aliphatic hydroxyl groups is 1. The van der Waals surface area contributed by atoms with Crippen LogP contribution in [0, 0.1) is 18.3 Å². The number of amides is 2. The first-order chi connectivity index (χ1) is 16.8. The Morgan fingerprint density at radius 2 is 1.58 bits per heavy atom. The molecular weight excluding hydrogens is 482 g/mol. The summed E-state index contributed by atoms with van der Waals surface area (Å²) in [5.41, 5.74) is 7.66. The van der Waals surface area contributed by atoms with Gasteiger partial charge in [0.2, 0.25) is 21.8 Å². The van der Waals surface area contributed by atoms with E-state index in [9.17, 15) is 23.1 Å². The SMILES string of the molecule is Cc1ccc(S(=O)(=O)NC(C(=O)NC(CC(C)C)C(=O)NCc2ccc(C(=N)N)cc2)C(C)O)cc1. The first-order valence-electron chi connectivity index (χ1n) is 11.6. The van der Waals surface area contributed by atoms with E-state index in [1.807, 2.05) is 20.8 Å². The lowest BCUT2D eigenvalue weighted by Crippen LogP contribution is -2.57. The van der Waals surface area contributed by atoms with Gasteiger partial charge in [0.1, 0.15) is 17.9 Å². The lowest BCUT2D eigenvalue weighted by molar-refractivity contribution is -0.131. The molecular formula is C25H35N5O5S. The van der Waals surface area contributed by atoms with E-state index < -0.39 is 40.0 Å². The molecule has 0 aliphatic heterocycles. The Labute approximate surface area is 212 Å². The van der Waals surface area contributed by atoms with Gasteiger partial charge < -0.3 is 21.5 Å². The third-order valence-electron chi connectivity index (χ3n) is 5.45. The predicted molar refractivity (Wildman–Crippen MR) is 138 cm³/mol. The van der Waals surface area contributed by atoms with Crippen molar-refractivity contribution < 1.29 is 23.1 Å². The second kappa shape index (κ2) is 12.6. The first-order valence-corrected chi connectivity index (χ1v) is 13.1. The molecule has 0 spiro atoms. The first kappa shape index (κ1) is 29.0. The molecule has 2 aromatic rings. The quantitative estimate of drug-likeness (QED) is 0.182. The van der Waals surface area contributed by atoms with Crippen molar-refractivity contribution >= 4 is 27.7 Å². The lowest BCUT2D eigenvalue weighted by Gasteiger charge is -2.25. The Morgan fingerprint density at radius 3 is 2.08 bits per heavy atom.